The van der Waals surface area contributed by atoms with Crippen molar-refractivity contribution < 1.29 is 9.53 Å². The van der Waals surface area contributed by atoms with E-state index in [4.69, 9.17) is 4.74 Å². The van der Waals surface area contributed by atoms with Crippen molar-refractivity contribution in [2.24, 2.45) is 0 Å². The molecule has 26 heavy (non-hydrogen) atoms. The van der Waals surface area contributed by atoms with Crippen molar-refractivity contribution >= 4 is 22.7 Å². The first kappa shape index (κ1) is 14.9. The average molecular weight is 336 g/mol. The van der Waals surface area contributed by atoms with E-state index in [0.717, 1.165) is 40.0 Å². The van der Waals surface area contributed by atoms with Crippen LogP contribution in [0.1, 0.15) is 22.3 Å². The van der Waals surface area contributed by atoms with Gasteiger partial charge in [0.25, 0.3) is 0 Å². The number of allylic oxidation sites excluding steroid dienone is 2. The lowest BCUT2D eigenvalue weighted by Gasteiger charge is -2.08. The highest BCUT2D eigenvalue weighted by Gasteiger charge is 2.39. The molecular weight excluding hydrogens is 320 g/mol. The van der Waals surface area contributed by atoms with Crippen LogP contribution in [0.5, 0.6) is 0 Å². The number of benzene rings is 3. The van der Waals surface area contributed by atoms with Crippen LogP contribution in [0.2, 0.25) is 0 Å². The Morgan fingerprint density at radius 2 is 1.27 bits per heavy atom. The van der Waals surface area contributed by atoms with Gasteiger partial charge in [-0.2, -0.15) is 0 Å². The summed E-state index contributed by atoms with van der Waals surface area (Å²) in [5.74, 6) is 0.458. The molecule has 2 aliphatic rings. The van der Waals surface area contributed by atoms with Crippen LogP contribution >= 0.6 is 0 Å². The molecule has 0 fully saturated rings. The molecule has 124 valence electrons. The van der Waals surface area contributed by atoms with E-state index in [1.54, 1.807) is 0 Å². The molecule has 0 radical (unpaired) electrons. The maximum Gasteiger partial charge on any atom is 0.344 e. The van der Waals surface area contributed by atoms with Gasteiger partial charge in [-0.05, 0) is 22.3 Å². The van der Waals surface area contributed by atoms with Gasteiger partial charge in [0, 0.05) is 17.6 Å². The van der Waals surface area contributed by atoms with Crippen molar-refractivity contribution in [3.05, 3.63) is 113 Å². The van der Waals surface area contributed by atoms with Crippen LogP contribution in [-0.4, -0.2) is 5.97 Å². The zero-order valence-corrected chi connectivity index (χ0v) is 14.1. The Labute approximate surface area is 152 Å². The molecule has 0 unspecified atom stereocenters. The summed E-state index contributed by atoms with van der Waals surface area (Å²) in [7, 11) is 0. The summed E-state index contributed by atoms with van der Waals surface area (Å²) in [6.07, 6.45) is 0.742. The van der Waals surface area contributed by atoms with Gasteiger partial charge in [0.05, 0.1) is 5.57 Å². The summed E-state index contributed by atoms with van der Waals surface area (Å²) in [5, 5.41) is 0. The van der Waals surface area contributed by atoms with Gasteiger partial charge in [-0.1, -0.05) is 84.9 Å². The number of carbonyl (C=O) groups excluding carboxylic acids is 1. The second kappa shape index (κ2) is 5.85. The Kier molecular flexibility index (Phi) is 3.36. The van der Waals surface area contributed by atoms with E-state index in [1.807, 2.05) is 60.7 Å². The Bertz CT molecular complexity index is 1070. The molecule has 1 aliphatic carbocycles. The Balaban J connectivity index is 1.74. The van der Waals surface area contributed by atoms with Crippen LogP contribution in [0.25, 0.3) is 16.7 Å². The number of hydrogen-bond donors (Lipinski definition) is 0. The molecule has 2 nitrogen and oxygen atoms in total. The summed E-state index contributed by atoms with van der Waals surface area (Å²) in [6, 6.07) is 28.3. The summed E-state index contributed by atoms with van der Waals surface area (Å²) in [5.41, 5.74) is 7.02. The lowest BCUT2D eigenvalue weighted by Crippen LogP contribution is -2.01. The summed E-state index contributed by atoms with van der Waals surface area (Å²) >= 11 is 0. The van der Waals surface area contributed by atoms with Crippen LogP contribution in [0.4, 0.5) is 0 Å². The van der Waals surface area contributed by atoms with Gasteiger partial charge in [-0.25, -0.2) is 4.79 Å². The monoisotopic (exact) mass is 336 g/mol. The molecular formula is C24H16O2. The molecule has 0 spiro atoms. The van der Waals surface area contributed by atoms with E-state index in [0.29, 0.717) is 5.57 Å². The SMILES string of the molecule is O=C1OC2=C(Cc3ccccc3)c3ccccc3C2=C1c1ccccc1. The zero-order chi connectivity index (χ0) is 17.5. The standard InChI is InChI=1S/C24H16O2/c25-24-21(17-11-5-2-6-12-17)22-19-14-8-7-13-18(19)20(23(22)26-24)15-16-9-3-1-4-10-16/h1-14H,15H2. The Hall–Kier alpha value is -3.39. The fourth-order valence-electron chi connectivity index (χ4n) is 3.81. The van der Waals surface area contributed by atoms with E-state index >= 15 is 0 Å². The molecule has 2 heteroatoms. The lowest BCUT2D eigenvalue weighted by atomic mass is 9.96. The Morgan fingerprint density at radius 1 is 0.654 bits per heavy atom. The van der Waals surface area contributed by atoms with Gasteiger partial charge in [-0.15, -0.1) is 0 Å². The predicted molar refractivity (Wildman–Crippen MR) is 103 cm³/mol. The van der Waals surface area contributed by atoms with Crippen molar-refractivity contribution in [1.29, 1.82) is 0 Å². The highest BCUT2D eigenvalue weighted by molar-refractivity contribution is 6.33. The molecule has 0 saturated heterocycles. The predicted octanol–water partition coefficient (Wildman–Crippen LogP) is 5.12. The van der Waals surface area contributed by atoms with Crippen molar-refractivity contribution in [3.8, 4) is 0 Å². The van der Waals surface area contributed by atoms with E-state index < -0.39 is 0 Å². The fraction of sp³-hybridized carbons (Fsp3) is 0.0417. The minimum absolute atomic E-state index is 0.263. The molecule has 1 aliphatic heterocycles. The maximum atomic E-state index is 12.7. The molecule has 0 aromatic heterocycles. The number of ether oxygens (including phenoxy) is 1. The van der Waals surface area contributed by atoms with Crippen molar-refractivity contribution in [2.75, 3.05) is 0 Å². The van der Waals surface area contributed by atoms with Gasteiger partial charge < -0.3 is 4.74 Å². The van der Waals surface area contributed by atoms with E-state index in [2.05, 4.69) is 24.3 Å². The molecule has 3 aromatic rings. The highest BCUT2D eigenvalue weighted by atomic mass is 16.5. The third-order valence-electron chi connectivity index (χ3n) is 4.96. The number of hydrogen-bond acceptors (Lipinski definition) is 2. The molecule has 0 saturated carbocycles. The first-order valence-electron chi connectivity index (χ1n) is 8.72. The van der Waals surface area contributed by atoms with Crippen LogP contribution in [0.3, 0.4) is 0 Å². The van der Waals surface area contributed by atoms with Crippen molar-refractivity contribution in [2.45, 2.75) is 6.42 Å². The maximum absolute atomic E-state index is 12.7. The second-order valence-corrected chi connectivity index (χ2v) is 6.52. The summed E-state index contributed by atoms with van der Waals surface area (Å²) < 4.78 is 5.79. The van der Waals surface area contributed by atoms with E-state index in [-0.39, 0.29) is 5.97 Å². The van der Waals surface area contributed by atoms with E-state index in [1.165, 1.54) is 5.56 Å². The zero-order valence-electron chi connectivity index (χ0n) is 14.1. The van der Waals surface area contributed by atoms with E-state index in [9.17, 15) is 4.79 Å². The van der Waals surface area contributed by atoms with Crippen molar-refractivity contribution in [3.63, 3.8) is 0 Å². The third-order valence-corrected chi connectivity index (χ3v) is 4.96. The van der Waals surface area contributed by atoms with Gasteiger partial charge in [0.1, 0.15) is 5.76 Å². The average Bonchev–Trinajstić information content (AvgIpc) is 3.18. The van der Waals surface area contributed by atoms with Gasteiger partial charge in [0.15, 0.2) is 0 Å². The minimum atomic E-state index is -0.263. The first-order chi connectivity index (χ1) is 12.8. The molecule has 5 rings (SSSR count). The normalized spacial score (nSPS) is 15.2. The first-order valence-corrected chi connectivity index (χ1v) is 8.72. The molecule has 3 aromatic carbocycles. The van der Waals surface area contributed by atoms with Crippen LogP contribution in [0.15, 0.2) is 90.7 Å². The number of fused-ring (bicyclic) bond motifs is 3. The summed E-state index contributed by atoms with van der Waals surface area (Å²) in [4.78, 5) is 12.7. The fourth-order valence-corrected chi connectivity index (χ4v) is 3.81. The van der Waals surface area contributed by atoms with Gasteiger partial charge in [0.2, 0.25) is 0 Å². The molecule has 0 bridgehead atoms. The van der Waals surface area contributed by atoms with Gasteiger partial charge >= 0.3 is 5.97 Å². The van der Waals surface area contributed by atoms with Crippen LogP contribution in [0, 0.1) is 0 Å². The minimum Gasteiger partial charge on any atom is -0.422 e. The molecule has 0 amide bonds. The molecule has 0 atom stereocenters. The molecule has 1 heterocycles. The Morgan fingerprint density at radius 3 is 2.00 bits per heavy atom. The highest BCUT2D eigenvalue weighted by Crippen LogP contribution is 2.50. The number of rotatable bonds is 3. The number of esters is 1. The second-order valence-electron chi connectivity index (χ2n) is 6.52. The smallest absolute Gasteiger partial charge is 0.344 e. The topological polar surface area (TPSA) is 26.3 Å². The lowest BCUT2D eigenvalue weighted by molar-refractivity contribution is -0.131. The third kappa shape index (κ3) is 2.23. The number of carbonyl (C=O) groups is 1. The summed E-state index contributed by atoms with van der Waals surface area (Å²) in [6.45, 7) is 0. The van der Waals surface area contributed by atoms with Gasteiger partial charge in [-0.3, -0.25) is 0 Å². The largest absolute Gasteiger partial charge is 0.422 e. The van der Waals surface area contributed by atoms with Crippen molar-refractivity contribution in [1.82, 2.24) is 0 Å². The molecule has 0 N–H and O–H groups in total. The van der Waals surface area contributed by atoms with Crippen LogP contribution in [-0.2, 0) is 16.0 Å². The quantitative estimate of drug-likeness (QED) is 0.620. The van der Waals surface area contributed by atoms with Crippen LogP contribution < -0.4 is 0 Å².